The van der Waals surface area contributed by atoms with E-state index >= 15 is 0 Å². The van der Waals surface area contributed by atoms with Crippen molar-refractivity contribution in [3.63, 3.8) is 0 Å². The molecule has 4 amide bonds. The van der Waals surface area contributed by atoms with Crippen LogP contribution in [0.1, 0.15) is 36.8 Å². The van der Waals surface area contributed by atoms with Gasteiger partial charge in [-0.2, -0.15) is 5.10 Å². The van der Waals surface area contributed by atoms with E-state index in [2.05, 4.69) is 37.7 Å². The van der Waals surface area contributed by atoms with Crippen molar-refractivity contribution in [3.8, 4) is 0 Å². The quantitative estimate of drug-likeness (QED) is 0.407. The van der Waals surface area contributed by atoms with Crippen LogP contribution in [-0.4, -0.2) is 130 Å². The molecule has 7 rings (SSSR count). The maximum Gasteiger partial charge on any atom is 0.410 e. The molecule has 12 nitrogen and oxygen atoms in total. The minimum Gasteiger partial charge on any atom is -0.436 e. The van der Waals surface area contributed by atoms with Crippen molar-refractivity contribution in [1.29, 1.82) is 0 Å². The lowest BCUT2D eigenvalue weighted by Gasteiger charge is -2.42. The van der Waals surface area contributed by atoms with Crippen LogP contribution in [0, 0.1) is 0 Å². The number of nitrogens with zero attached hydrogens (tertiary/aromatic N) is 6. The van der Waals surface area contributed by atoms with Crippen LogP contribution < -0.4 is 5.32 Å². The third kappa shape index (κ3) is 6.55. The number of likely N-dealkylation sites (N-methyl/N-ethyl adjacent to an activating group) is 1. The number of H-pyrrole nitrogens is 1. The Morgan fingerprint density at radius 1 is 1.00 bits per heavy atom. The topological polar surface area (TPSA) is 117 Å². The Hall–Kier alpha value is -3.39. The van der Waals surface area contributed by atoms with Crippen molar-refractivity contribution in [2.75, 3.05) is 64.7 Å². The number of aromatic nitrogens is 2. The van der Waals surface area contributed by atoms with Gasteiger partial charge < -0.3 is 29.7 Å². The average Bonchev–Trinajstić information content (AvgIpc) is 3.74. The number of thiophene rings is 1. The smallest absolute Gasteiger partial charge is 0.410 e. The zero-order chi connectivity index (χ0) is 31.8. The molecule has 0 radical (unpaired) electrons. The number of likely N-dealkylation sites (tertiary alicyclic amines) is 2. The van der Waals surface area contributed by atoms with E-state index in [0.717, 1.165) is 66.7 Å². The maximum absolute atomic E-state index is 14.0. The first-order chi connectivity index (χ1) is 22.3. The van der Waals surface area contributed by atoms with E-state index in [1.807, 2.05) is 27.3 Å². The Labute approximate surface area is 277 Å². The number of halogens is 1. The molecule has 246 valence electrons. The summed E-state index contributed by atoms with van der Waals surface area (Å²) in [5.41, 5.74) is 3.55. The molecular weight excluding hydrogens is 628 g/mol. The van der Waals surface area contributed by atoms with Crippen molar-refractivity contribution in [2.45, 2.75) is 56.8 Å². The minimum atomic E-state index is -0.976. The third-order valence-electron chi connectivity index (χ3n) is 10.1. The molecule has 3 saturated heterocycles. The lowest BCUT2D eigenvalue weighted by molar-refractivity contribution is -0.142. The first kappa shape index (κ1) is 31.2. The van der Waals surface area contributed by atoms with E-state index in [4.69, 9.17) is 16.3 Å². The van der Waals surface area contributed by atoms with E-state index < -0.39 is 12.2 Å². The number of hydrogen-bond donors (Lipinski definition) is 2. The summed E-state index contributed by atoms with van der Waals surface area (Å²) in [6, 6.07) is 4.15. The van der Waals surface area contributed by atoms with Gasteiger partial charge in [-0.25, -0.2) is 9.59 Å². The number of aromatic amines is 1. The second-order valence-corrected chi connectivity index (χ2v) is 14.1. The van der Waals surface area contributed by atoms with E-state index in [1.165, 1.54) is 0 Å². The van der Waals surface area contributed by atoms with Crippen LogP contribution in [0.25, 0.3) is 10.9 Å². The van der Waals surface area contributed by atoms with Gasteiger partial charge in [0, 0.05) is 87.2 Å². The monoisotopic (exact) mass is 668 g/mol. The Balaban J connectivity index is 1.00. The first-order valence-corrected chi connectivity index (χ1v) is 17.6. The summed E-state index contributed by atoms with van der Waals surface area (Å²) in [5, 5.41) is 15.3. The minimum absolute atomic E-state index is 0.0277. The summed E-state index contributed by atoms with van der Waals surface area (Å²) < 4.78 is 6.06. The number of nitrogens with one attached hydrogen (secondary N) is 2. The van der Waals surface area contributed by atoms with Crippen molar-refractivity contribution in [1.82, 2.24) is 34.7 Å². The predicted octanol–water partition coefficient (Wildman–Crippen LogP) is 4.08. The zero-order valence-corrected chi connectivity index (χ0v) is 27.7. The highest BCUT2D eigenvalue weighted by Crippen LogP contribution is 2.31. The molecule has 0 aliphatic carbocycles. The average molecular weight is 669 g/mol. The number of ether oxygens (including phenoxy) is 1. The summed E-state index contributed by atoms with van der Waals surface area (Å²) in [6.07, 6.45) is 3.56. The Bertz CT molecular complexity index is 1570. The second-order valence-electron chi connectivity index (χ2n) is 13.0. The van der Waals surface area contributed by atoms with E-state index in [9.17, 15) is 14.4 Å². The number of benzene rings is 1. The van der Waals surface area contributed by atoms with Crippen LogP contribution in [0.5, 0.6) is 0 Å². The number of urea groups is 1. The van der Waals surface area contributed by atoms with Gasteiger partial charge in [0.25, 0.3) is 5.91 Å². The van der Waals surface area contributed by atoms with Gasteiger partial charge in [0.15, 0.2) is 6.10 Å². The van der Waals surface area contributed by atoms with E-state index in [0.29, 0.717) is 56.6 Å². The molecule has 4 aliphatic heterocycles. The number of amides is 4. The molecular formula is C32H41ClN8O4S. The molecule has 4 aliphatic rings. The van der Waals surface area contributed by atoms with Gasteiger partial charge in [0.05, 0.1) is 29.0 Å². The van der Waals surface area contributed by atoms with Crippen LogP contribution in [-0.2, 0) is 22.5 Å². The fraction of sp³-hybridized carbons (Fsp3) is 0.562. The molecule has 1 unspecified atom stereocenters. The number of piperidine rings is 2. The largest absolute Gasteiger partial charge is 0.436 e. The third-order valence-corrected chi connectivity index (χ3v) is 11.2. The lowest BCUT2D eigenvalue weighted by atomic mass is 10.00. The van der Waals surface area contributed by atoms with Crippen molar-refractivity contribution in [2.24, 2.45) is 0 Å². The summed E-state index contributed by atoms with van der Waals surface area (Å²) in [7, 11) is 2.16. The van der Waals surface area contributed by atoms with Crippen molar-refractivity contribution >= 4 is 57.6 Å². The first-order valence-electron chi connectivity index (χ1n) is 16.2. The molecule has 0 bridgehead atoms. The van der Waals surface area contributed by atoms with Crippen LogP contribution >= 0.6 is 22.9 Å². The van der Waals surface area contributed by atoms with Gasteiger partial charge in [-0.05, 0) is 55.8 Å². The molecule has 14 heteroatoms. The van der Waals surface area contributed by atoms with Gasteiger partial charge in [-0.15, -0.1) is 11.3 Å². The van der Waals surface area contributed by atoms with Crippen molar-refractivity contribution in [3.05, 3.63) is 45.2 Å². The molecule has 3 aromatic rings. The number of piperazine rings is 1. The molecule has 46 heavy (non-hydrogen) atoms. The predicted molar refractivity (Wildman–Crippen MR) is 177 cm³/mol. The summed E-state index contributed by atoms with van der Waals surface area (Å²) in [4.78, 5) is 50.7. The summed E-state index contributed by atoms with van der Waals surface area (Å²) >= 11 is 8.11. The van der Waals surface area contributed by atoms with E-state index in [-0.39, 0.29) is 24.4 Å². The number of anilines is 1. The standard InChI is InChI=1S/C32H41ClN8O4S/c1-37-10-12-38(13-11-37)24-2-6-39(7-3-24)30(42)28(16-21-14-22-17-34-36-29(22)26(33)15-21)45-32(44)40-8-4-25(5-9-40)41-18-23-19-46-20-27(23)35-31(41)43/h14-15,17,19-20,24-25,28H,2-13,16,18H2,1H3,(H,34,36)(H,35,43). The summed E-state index contributed by atoms with van der Waals surface area (Å²) in [6.45, 7) is 7.01. The van der Waals surface area contributed by atoms with Crippen LogP contribution in [0.3, 0.4) is 0 Å². The molecule has 1 atom stereocenters. The molecule has 0 saturated carbocycles. The molecule has 2 aromatic heterocycles. The fourth-order valence-corrected chi connectivity index (χ4v) is 8.35. The van der Waals surface area contributed by atoms with Crippen LogP contribution in [0.2, 0.25) is 5.02 Å². The Morgan fingerprint density at radius 3 is 2.48 bits per heavy atom. The Morgan fingerprint density at radius 2 is 1.72 bits per heavy atom. The molecule has 0 spiro atoms. The van der Waals surface area contributed by atoms with Gasteiger partial charge >= 0.3 is 12.1 Å². The second kappa shape index (κ2) is 13.4. The highest BCUT2D eigenvalue weighted by atomic mass is 35.5. The van der Waals surface area contributed by atoms with E-state index in [1.54, 1.807) is 22.4 Å². The SMILES string of the molecule is CN1CCN(C2CCN(C(=O)C(Cc3cc(Cl)c4[nH]ncc4c3)OC(=O)N3CCC(N4Cc5cscc5NC4=O)CC3)CC2)CC1. The highest BCUT2D eigenvalue weighted by Gasteiger charge is 2.37. The molecule has 6 heterocycles. The lowest BCUT2D eigenvalue weighted by Crippen LogP contribution is -2.54. The van der Waals surface area contributed by atoms with Crippen molar-refractivity contribution < 1.29 is 19.1 Å². The highest BCUT2D eigenvalue weighted by molar-refractivity contribution is 7.08. The van der Waals surface area contributed by atoms with Gasteiger partial charge in [0.1, 0.15) is 0 Å². The Kier molecular flexibility index (Phi) is 9.08. The number of carbonyl (C=O) groups is 3. The van der Waals surface area contributed by atoms with Crippen LogP contribution in [0.15, 0.2) is 29.1 Å². The van der Waals surface area contributed by atoms with Gasteiger partial charge in [-0.1, -0.05) is 11.6 Å². The van der Waals surface area contributed by atoms with Gasteiger partial charge in [-0.3, -0.25) is 14.8 Å². The number of fused-ring (bicyclic) bond motifs is 2. The number of carbonyl (C=O) groups excluding carboxylic acids is 3. The van der Waals surface area contributed by atoms with Gasteiger partial charge in [0.2, 0.25) is 0 Å². The zero-order valence-electron chi connectivity index (χ0n) is 26.1. The number of rotatable bonds is 6. The normalized spacial score (nSPS) is 21.3. The van der Waals surface area contributed by atoms with Crippen LogP contribution in [0.4, 0.5) is 15.3 Å². The fourth-order valence-electron chi connectivity index (χ4n) is 7.28. The maximum atomic E-state index is 14.0. The summed E-state index contributed by atoms with van der Waals surface area (Å²) in [5.74, 6) is -0.167. The molecule has 2 N–H and O–H groups in total. The number of hydrogen-bond acceptors (Lipinski definition) is 8. The molecule has 1 aromatic carbocycles. The molecule has 3 fully saturated rings.